The van der Waals surface area contributed by atoms with Gasteiger partial charge in [0.25, 0.3) is 5.01 Å². The van der Waals surface area contributed by atoms with E-state index in [0.717, 1.165) is 33.8 Å². The van der Waals surface area contributed by atoms with Crippen molar-refractivity contribution < 1.29 is 22.3 Å². The molecular formula is C34H32N2O4S2. The lowest BCUT2D eigenvalue weighted by Crippen LogP contribution is -2.29. The number of aromatic nitrogens is 1. The molecule has 1 aliphatic rings. The minimum Gasteiger partial charge on any atom is -0.748 e. The Balaban J connectivity index is 1.40. The molecule has 2 heterocycles. The smallest absolute Gasteiger partial charge is 0.262 e. The van der Waals surface area contributed by atoms with Crippen molar-refractivity contribution >= 4 is 54.2 Å². The van der Waals surface area contributed by atoms with E-state index in [1.165, 1.54) is 27.9 Å². The van der Waals surface area contributed by atoms with Gasteiger partial charge in [0.05, 0.1) is 21.2 Å². The molecule has 4 aromatic carbocycles. The van der Waals surface area contributed by atoms with E-state index < -0.39 is 15.4 Å². The maximum absolute atomic E-state index is 11.7. The summed E-state index contributed by atoms with van der Waals surface area (Å²) in [6, 6.07) is 28.9. The monoisotopic (exact) mass is 596 g/mol. The number of benzene rings is 4. The molecule has 0 bridgehead atoms. The molecule has 0 spiro atoms. The van der Waals surface area contributed by atoms with Gasteiger partial charge in [-0.15, -0.1) is 0 Å². The summed E-state index contributed by atoms with van der Waals surface area (Å²) in [6.07, 6.45) is 5.18. The molecule has 5 aromatic rings. The molecule has 1 atom stereocenters. The zero-order valence-electron chi connectivity index (χ0n) is 23.8. The van der Waals surface area contributed by atoms with Crippen LogP contribution in [0.15, 0.2) is 102 Å². The minimum atomic E-state index is -4.39. The summed E-state index contributed by atoms with van der Waals surface area (Å²) >= 11 is 1.75. The zero-order valence-corrected chi connectivity index (χ0v) is 25.4. The first-order valence-corrected chi connectivity index (χ1v) is 16.3. The first kappa shape index (κ1) is 28.2. The maximum Gasteiger partial charge on any atom is 0.262 e. The molecule has 0 radical (unpaired) electrons. The summed E-state index contributed by atoms with van der Waals surface area (Å²) in [5, 5.41) is 2.55. The molecule has 0 N–H and O–H groups in total. The van der Waals surface area contributed by atoms with Crippen LogP contribution in [0.25, 0.3) is 38.2 Å². The predicted octanol–water partition coefficient (Wildman–Crippen LogP) is 7.40. The lowest BCUT2D eigenvalue weighted by atomic mass is 10.0. The van der Waals surface area contributed by atoms with Gasteiger partial charge in [-0.05, 0) is 66.1 Å². The second-order valence-electron chi connectivity index (χ2n) is 10.6. The molecule has 0 saturated heterocycles. The van der Waals surface area contributed by atoms with Crippen molar-refractivity contribution in [3.63, 3.8) is 0 Å². The van der Waals surface area contributed by atoms with Crippen molar-refractivity contribution in [2.24, 2.45) is 7.05 Å². The third-order valence-electron chi connectivity index (χ3n) is 7.86. The van der Waals surface area contributed by atoms with Gasteiger partial charge in [-0.1, -0.05) is 78.9 Å². The molecule has 1 aromatic heterocycles. The largest absolute Gasteiger partial charge is 0.748 e. The Morgan fingerprint density at radius 3 is 2.55 bits per heavy atom. The van der Waals surface area contributed by atoms with E-state index in [1.807, 2.05) is 41.3 Å². The van der Waals surface area contributed by atoms with Crippen molar-refractivity contribution in [1.82, 2.24) is 0 Å². The van der Waals surface area contributed by atoms with E-state index in [4.69, 9.17) is 4.74 Å². The van der Waals surface area contributed by atoms with E-state index in [-0.39, 0.29) is 6.42 Å². The Morgan fingerprint density at radius 1 is 1.02 bits per heavy atom. The number of ether oxygens (including phenoxy) is 1. The Bertz CT molecular complexity index is 1960. The minimum absolute atomic E-state index is 0.186. The van der Waals surface area contributed by atoms with E-state index in [1.54, 1.807) is 11.3 Å². The van der Waals surface area contributed by atoms with Crippen molar-refractivity contribution in [2.75, 3.05) is 11.4 Å². The number of allylic oxidation sites excluding steroid dienone is 2. The molecule has 0 saturated carbocycles. The molecule has 0 fully saturated rings. The molecule has 214 valence electrons. The molecule has 1 unspecified atom stereocenters. The van der Waals surface area contributed by atoms with Crippen LogP contribution in [0.5, 0.6) is 5.75 Å². The summed E-state index contributed by atoms with van der Waals surface area (Å²) < 4.78 is 44.9. The van der Waals surface area contributed by atoms with Gasteiger partial charge in [-0.3, -0.25) is 0 Å². The van der Waals surface area contributed by atoms with E-state index in [9.17, 15) is 13.0 Å². The summed E-state index contributed by atoms with van der Waals surface area (Å²) in [4.78, 5) is 1.99. The van der Waals surface area contributed by atoms with Gasteiger partial charge in [-0.25, -0.2) is 8.42 Å². The van der Waals surface area contributed by atoms with Gasteiger partial charge in [0.1, 0.15) is 11.7 Å². The molecule has 8 heteroatoms. The van der Waals surface area contributed by atoms with Gasteiger partial charge in [0.15, 0.2) is 5.75 Å². The SMILES string of the molecule is CCC(/C=C1\Oc2ccc(-c3ccccc3)cc2N1CCC(C)S(=O)(=O)[O-])=C\c1sc2ccc3ccccc3c2[n+]1C. The quantitative estimate of drug-likeness (QED) is 0.138. The van der Waals surface area contributed by atoms with Crippen LogP contribution in [-0.4, -0.2) is 24.8 Å². The lowest BCUT2D eigenvalue weighted by molar-refractivity contribution is -0.641. The van der Waals surface area contributed by atoms with Crippen molar-refractivity contribution in [3.8, 4) is 16.9 Å². The second-order valence-corrected chi connectivity index (χ2v) is 13.4. The first-order chi connectivity index (χ1) is 20.2. The van der Waals surface area contributed by atoms with Crippen LogP contribution in [0.4, 0.5) is 5.69 Å². The van der Waals surface area contributed by atoms with Gasteiger partial charge in [0, 0.05) is 23.9 Å². The number of nitrogens with zero attached hydrogens (tertiary/aromatic N) is 2. The number of aryl methyl sites for hydroxylation is 1. The second kappa shape index (κ2) is 11.4. The number of rotatable bonds is 8. The van der Waals surface area contributed by atoms with E-state index in [0.29, 0.717) is 18.2 Å². The Kier molecular flexibility index (Phi) is 7.62. The van der Waals surface area contributed by atoms with Gasteiger partial charge < -0.3 is 14.2 Å². The van der Waals surface area contributed by atoms with Gasteiger partial charge in [-0.2, -0.15) is 4.57 Å². The zero-order chi connectivity index (χ0) is 29.4. The third-order valence-corrected chi connectivity index (χ3v) is 10.2. The maximum atomic E-state index is 11.7. The van der Waals surface area contributed by atoms with Gasteiger partial charge >= 0.3 is 0 Å². The van der Waals surface area contributed by atoms with Crippen molar-refractivity contribution in [3.05, 3.63) is 107 Å². The molecule has 6 nitrogen and oxygen atoms in total. The number of fused-ring (bicyclic) bond motifs is 4. The fraction of sp³-hybridized carbons (Fsp3) is 0.206. The standard InChI is InChI=1S/C34H32N2O4S2/c1-4-24(21-33-35(3)34-28-13-9-8-12-26(28)15-17-31(34)41-33)20-32-36(19-18-23(2)42(37,38)39)29-22-27(14-16-30(29)40-32)25-10-6-5-7-11-25/h5-17,20-23H,4,18-19H2,1-3H3. The average molecular weight is 597 g/mol. The topological polar surface area (TPSA) is 73.5 Å². The molecule has 1 aliphatic heterocycles. The molecule has 0 aliphatic carbocycles. The van der Waals surface area contributed by atoms with Crippen LogP contribution in [0.3, 0.4) is 0 Å². The Labute approximate surface area is 250 Å². The number of thiazole rings is 1. The fourth-order valence-corrected chi connectivity index (χ4v) is 6.89. The van der Waals surface area contributed by atoms with E-state index >= 15 is 0 Å². The van der Waals surface area contributed by atoms with Gasteiger partial charge in [0.2, 0.25) is 11.4 Å². The fourth-order valence-electron chi connectivity index (χ4n) is 5.35. The molecular weight excluding hydrogens is 565 g/mol. The van der Waals surface area contributed by atoms with Crippen LogP contribution in [0.1, 0.15) is 31.7 Å². The summed E-state index contributed by atoms with van der Waals surface area (Å²) in [5.74, 6) is 1.32. The molecule has 42 heavy (non-hydrogen) atoms. The van der Waals surface area contributed by atoms with Crippen LogP contribution >= 0.6 is 11.3 Å². The average Bonchev–Trinajstić information content (AvgIpc) is 3.51. The number of hydrogen-bond acceptors (Lipinski definition) is 6. The van der Waals surface area contributed by atoms with Crippen molar-refractivity contribution in [2.45, 2.75) is 31.9 Å². The highest BCUT2D eigenvalue weighted by Crippen LogP contribution is 2.42. The number of anilines is 1. The third kappa shape index (κ3) is 5.45. The summed E-state index contributed by atoms with van der Waals surface area (Å²) in [7, 11) is -2.29. The normalized spacial score (nSPS) is 15.4. The van der Waals surface area contributed by atoms with Crippen molar-refractivity contribution in [1.29, 1.82) is 0 Å². The highest BCUT2D eigenvalue weighted by molar-refractivity contribution is 7.86. The summed E-state index contributed by atoms with van der Waals surface area (Å²) in [5.41, 5.74) is 5.24. The number of hydrogen-bond donors (Lipinski definition) is 0. The summed E-state index contributed by atoms with van der Waals surface area (Å²) in [6.45, 7) is 3.91. The van der Waals surface area contributed by atoms with Crippen LogP contribution < -0.4 is 14.2 Å². The lowest BCUT2D eigenvalue weighted by Gasteiger charge is -2.22. The first-order valence-electron chi connectivity index (χ1n) is 14.0. The predicted molar refractivity (Wildman–Crippen MR) is 170 cm³/mol. The van der Waals surface area contributed by atoms with Crippen LogP contribution in [-0.2, 0) is 17.2 Å². The Hall–Kier alpha value is -3.98. The highest BCUT2D eigenvalue weighted by Gasteiger charge is 2.28. The van der Waals surface area contributed by atoms with Crippen LogP contribution in [0.2, 0.25) is 0 Å². The Morgan fingerprint density at radius 2 is 1.79 bits per heavy atom. The molecule has 0 amide bonds. The van der Waals surface area contributed by atoms with Crippen LogP contribution in [0, 0.1) is 0 Å². The van der Waals surface area contributed by atoms with E-state index in [2.05, 4.69) is 79.2 Å². The molecule has 6 rings (SSSR count). The highest BCUT2D eigenvalue weighted by atomic mass is 32.2.